The van der Waals surface area contributed by atoms with Crippen molar-refractivity contribution in [3.63, 3.8) is 0 Å². The lowest BCUT2D eigenvalue weighted by Gasteiger charge is -2.46. The van der Waals surface area contributed by atoms with Crippen LogP contribution in [-0.4, -0.2) is 45.4 Å². The van der Waals surface area contributed by atoms with E-state index in [1.165, 1.54) is 10.9 Å². The number of aromatic nitrogens is 2. The van der Waals surface area contributed by atoms with E-state index in [-0.39, 0.29) is 18.8 Å². The van der Waals surface area contributed by atoms with Crippen molar-refractivity contribution in [1.29, 1.82) is 0 Å². The smallest absolute Gasteiger partial charge is 0.300 e. The number of hydrogen-bond donors (Lipinski definition) is 0. The van der Waals surface area contributed by atoms with Crippen LogP contribution in [0.15, 0.2) is 42.7 Å². The first-order valence-corrected chi connectivity index (χ1v) is 6.60. The summed E-state index contributed by atoms with van der Waals surface area (Å²) in [4.78, 5) is 12.2. The van der Waals surface area contributed by atoms with Crippen molar-refractivity contribution in [3.05, 3.63) is 58.4 Å². The molecule has 2 heterocycles. The van der Waals surface area contributed by atoms with E-state index < -0.39 is 16.6 Å². The highest BCUT2D eigenvalue weighted by atomic mass is 19.1. The number of nitro groups is 1. The molecule has 2 aromatic rings. The zero-order valence-electron chi connectivity index (χ0n) is 11.5. The van der Waals surface area contributed by atoms with Gasteiger partial charge in [0.25, 0.3) is 0 Å². The van der Waals surface area contributed by atoms with Gasteiger partial charge in [-0.25, -0.2) is 4.39 Å². The van der Waals surface area contributed by atoms with Crippen molar-refractivity contribution in [2.75, 3.05) is 20.1 Å². The van der Waals surface area contributed by atoms with Gasteiger partial charge in [-0.3, -0.25) is 19.7 Å². The molecule has 110 valence electrons. The molecule has 1 aromatic heterocycles. The first kappa shape index (κ1) is 13.7. The molecule has 0 N–H and O–H groups in total. The third-order valence-corrected chi connectivity index (χ3v) is 3.73. The van der Waals surface area contributed by atoms with E-state index in [4.69, 9.17) is 0 Å². The maximum atomic E-state index is 15.1. The zero-order valence-corrected chi connectivity index (χ0v) is 11.5. The highest BCUT2D eigenvalue weighted by Gasteiger charge is 2.50. The standard InChI is InChI=1S/C14H15FN4O2/c1-17-9-14(15,10-17)13(11-5-3-2-4-6-11)18-8-12(7-16-18)19(20)21/h2-8,13H,9-10H2,1H3. The third-order valence-electron chi connectivity index (χ3n) is 3.73. The summed E-state index contributed by atoms with van der Waals surface area (Å²) in [5.41, 5.74) is -0.853. The van der Waals surface area contributed by atoms with Crippen molar-refractivity contribution < 1.29 is 9.31 Å². The van der Waals surface area contributed by atoms with Gasteiger partial charge >= 0.3 is 5.69 Å². The van der Waals surface area contributed by atoms with E-state index in [9.17, 15) is 10.1 Å². The van der Waals surface area contributed by atoms with Crippen LogP contribution in [-0.2, 0) is 0 Å². The van der Waals surface area contributed by atoms with Crippen LogP contribution < -0.4 is 0 Å². The number of halogens is 1. The minimum absolute atomic E-state index is 0.132. The molecule has 21 heavy (non-hydrogen) atoms. The number of nitrogens with zero attached hydrogens (tertiary/aromatic N) is 4. The molecular weight excluding hydrogens is 275 g/mol. The molecule has 1 atom stereocenters. The van der Waals surface area contributed by atoms with Gasteiger partial charge in [0.15, 0.2) is 5.67 Å². The number of rotatable bonds is 4. The Morgan fingerprint density at radius 3 is 2.57 bits per heavy atom. The van der Waals surface area contributed by atoms with Crippen LogP contribution in [0, 0.1) is 10.1 Å². The van der Waals surface area contributed by atoms with Gasteiger partial charge in [0.05, 0.1) is 4.92 Å². The van der Waals surface area contributed by atoms with Crippen molar-refractivity contribution in [1.82, 2.24) is 14.7 Å². The van der Waals surface area contributed by atoms with Gasteiger partial charge in [0, 0.05) is 13.1 Å². The average molecular weight is 290 g/mol. The van der Waals surface area contributed by atoms with Crippen LogP contribution in [0.4, 0.5) is 10.1 Å². The average Bonchev–Trinajstić information content (AvgIpc) is 2.88. The molecule has 0 saturated carbocycles. The van der Waals surface area contributed by atoms with E-state index in [1.807, 2.05) is 42.3 Å². The molecule has 1 fully saturated rings. The van der Waals surface area contributed by atoms with Crippen molar-refractivity contribution >= 4 is 5.69 Å². The molecule has 1 unspecified atom stereocenters. The number of hydrogen-bond acceptors (Lipinski definition) is 4. The Hall–Kier alpha value is -2.28. The molecule has 0 spiro atoms. The molecule has 0 radical (unpaired) electrons. The van der Waals surface area contributed by atoms with E-state index >= 15 is 4.39 Å². The Morgan fingerprint density at radius 2 is 2.05 bits per heavy atom. The molecule has 1 saturated heterocycles. The van der Waals surface area contributed by atoms with Gasteiger partial charge in [-0.05, 0) is 12.6 Å². The van der Waals surface area contributed by atoms with E-state index in [1.54, 1.807) is 0 Å². The Labute approximate surface area is 120 Å². The first-order chi connectivity index (χ1) is 9.99. The minimum Gasteiger partial charge on any atom is -0.300 e. The maximum Gasteiger partial charge on any atom is 0.307 e. The van der Waals surface area contributed by atoms with Gasteiger partial charge in [-0.2, -0.15) is 5.10 Å². The SMILES string of the molecule is CN1CC(F)(C(c2ccccc2)n2cc([N+](=O)[O-])cn2)C1. The maximum absolute atomic E-state index is 15.1. The van der Waals surface area contributed by atoms with Gasteiger partial charge in [-0.15, -0.1) is 0 Å². The van der Waals surface area contributed by atoms with Crippen LogP contribution in [0.25, 0.3) is 0 Å². The summed E-state index contributed by atoms with van der Waals surface area (Å²) in [5, 5.41) is 14.8. The van der Waals surface area contributed by atoms with Gasteiger partial charge in [0.2, 0.25) is 0 Å². The van der Waals surface area contributed by atoms with Gasteiger partial charge < -0.3 is 0 Å². The summed E-state index contributed by atoms with van der Waals surface area (Å²) in [6.45, 7) is 0.556. The molecule has 3 rings (SSSR count). The van der Waals surface area contributed by atoms with Crippen LogP contribution >= 0.6 is 0 Å². The molecular formula is C14H15FN4O2. The van der Waals surface area contributed by atoms with Gasteiger partial charge in [0.1, 0.15) is 18.4 Å². The predicted molar refractivity (Wildman–Crippen MR) is 74.8 cm³/mol. The highest BCUT2D eigenvalue weighted by Crippen LogP contribution is 2.39. The second-order valence-corrected chi connectivity index (χ2v) is 5.46. The molecule has 0 aliphatic carbocycles. The Balaban J connectivity index is 2.02. The molecule has 1 aromatic carbocycles. The molecule has 7 heteroatoms. The fraction of sp³-hybridized carbons (Fsp3) is 0.357. The first-order valence-electron chi connectivity index (χ1n) is 6.60. The molecule has 0 bridgehead atoms. The van der Waals surface area contributed by atoms with E-state index in [2.05, 4.69) is 5.10 Å². The summed E-state index contributed by atoms with van der Waals surface area (Å²) in [5.74, 6) is 0. The Kier molecular flexibility index (Phi) is 3.21. The zero-order chi connectivity index (χ0) is 15.0. The number of likely N-dealkylation sites (tertiary alicyclic amines) is 1. The summed E-state index contributed by atoms with van der Waals surface area (Å²) >= 11 is 0. The van der Waals surface area contributed by atoms with E-state index in [0.717, 1.165) is 11.8 Å². The normalized spacial score (nSPS) is 19.0. The van der Waals surface area contributed by atoms with E-state index in [0.29, 0.717) is 0 Å². The quantitative estimate of drug-likeness (QED) is 0.638. The van der Waals surface area contributed by atoms with Crippen molar-refractivity contribution in [2.45, 2.75) is 11.7 Å². The third kappa shape index (κ3) is 2.40. The summed E-state index contributed by atoms with van der Waals surface area (Å²) < 4.78 is 16.5. The van der Waals surface area contributed by atoms with Crippen LogP contribution in [0.1, 0.15) is 11.6 Å². The van der Waals surface area contributed by atoms with Crippen molar-refractivity contribution in [2.24, 2.45) is 0 Å². The second-order valence-electron chi connectivity index (χ2n) is 5.46. The monoisotopic (exact) mass is 290 g/mol. The number of alkyl halides is 1. The summed E-state index contributed by atoms with van der Waals surface area (Å²) in [6, 6.07) is 8.47. The molecule has 0 amide bonds. The molecule has 1 aliphatic rings. The summed E-state index contributed by atoms with van der Waals surface area (Å²) in [7, 11) is 1.84. The van der Waals surface area contributed by atoms with Crippen LogP contribution in [0.2, 0.25) is 0 Å². The number of benzene rings is 1. The minimum atomic E-state index is -1.48. The lowest BCUT2D eigenvalue weighted by molar-refractivity contribution is -0.385. The Bertz CT molecular complexity index is 652. The lowest BCUT2D eigenvalue weighted by atomic mass is 9.84. The second kappa shape index (κ2) is 4.92. The Morgan fingerprint density at radius 1 is 1.38 bits per heavy atom. The molecule has 1 aliphatic heterocycles. The largest absolute Gasteiger partial charge is 0.307 e. The van der Waals surface area contributed by atoms with Crippen LogP contribution in [0.5, 0.6) is 0 Å². The topological polar surface area (TPSA) is 64.2 Å². The predicted octanol–water partition coefficient (Wildman–Crippen LogP) is 2.03. The fourth-order valence-electron chi connectivity index (χ4n) is 2.91. The van der Waals surface area contributed by atoms with Crippen LogP contribution in [0.3, 0.4) is 0 Å². The lowest BCUT2D eigenvalue weighted by Crippen LogP contribution is -2.61. The summed E-state index contributed by atoms with van der Waals surface area (Å²) in [6.07, 6.45) is 2.44. The van der Waals surface area contributed by atoms with Gasteiger partial charge in [-0.1, -0.05) is 30.3 Å². The molecule has 6 nitrogen and oxygen atoms in total. The highest BCUT2D eigenvalue weighted by molar-refractivity contribution is 5.29. The van der Waals surface area contributed by atoms with Crippen molar-refractivity contribution in [3.8, 4) is 0 Å². The fourth-order valence-corrected chi connectivity index (χ4v) is 2.91.